The quantitative estimate of drug-likeness (QED) is 0.646. The number of hydrogen-bond donors (Lipinski definition) is 2. The monoisotopic (exact) mass is 231 g/mol. The molecular formula is C9H13NO4S. The van der Waals surface area contributed by atoms with Gasteiger partial charge in [0.25, 0.3) is 10.1 Å². The summed E-state index contributed by atoms with van der Waals surface area (Å²) in [5, 5.41) is 2.88. The Hall–Kier alpha value is -0.980. The summed E-state index contributed by atoms with van der Waals surface area (Å²) in [6, 6.07) is 0.0559. The van der Waals surface area contributed by atoms with Crippen LogP contribution in [0.15, 0.2) is 24.3 Å². The molecule has 6 heteroatoms. The summed E-state index contributed by atoms with van der Waals surface area (Å²) in [5.41, 5.74) is 0. The van der Waals surface area contributed by atoms with Gasteiger partial charge < -0.3 is 5.32 Å². The fourth-order valence-electron chi connectivity index (χ4n) is 1.23. The number of hydrogen-bond acceptors (Lipinski definition) is 4. The second kappa shape index (κ2) is 5.20. The molecule has 0 unspecified atom stereocenters. The lowest BCUT2D eigenvalue weighted by Crippen LogP contribution is -2.34. The van der Waals surface area contributed by atoms with E-state index in [0.717, 1.165) is 6.42 Å². The smallest absolute Gasteiger partial charge is 0.272 e. The van der Waals surface area contributed by atoms with Gasteiger partial charge >= 0.3 is 0 Å². The van der Waals surface area contributed by atoms with Crippen LogP contribution in [0.2, 0.25) is 0 Å². The topological polar surface area (TPSA) is 83.5 Å². The van der Waals surface area contributed by atoms with E-state index in [1.165, 1.54) is 0 Å². The van der Waals surface area contributed by atoms with Crippen molar-refractivity contribution in [3.63, 3.8) is 0 Å². The van der Waals surface area contributed by atoms with Crippen molar-refractivity contribution < 1.29 is 17.8 Å². The summed E-state index contributed by atoms with van der Waals surface area (Å²) in [6.07, 6.45) is 8.37. The van der Waals surface area contributed by atoms with E-state index in [1.807, 2.05) is 24.3 Å². The zero-order valence-corrected chi connectivity index (χ0v) is 8.90. The molecule has 1 aliphatic carbocycles. The average molecular weight is 231 g/mol. The number of rotatable bonds is 5. The second-order valence-electron chi connectivity index (χ2n) is 3.30. The molecule has 1 rings (SSSR count). The standard InChI is InChI=1S/C9H13NO4S/c11-9(7-15(12,13)14)6-10-8-4-2-1-3-5-8/h1-4,8,10H,5-7H2,(H,12,13,14)/t8-/m1/s1. The number of ketones is 1. The van der Waals surface area contributed by atoms with Gasteiger partial charge in [0.15, 0.2) is 5.78 Å². The Bertz CT molecular complexity index is 383. The first-order valence-corrected chi connectivity index (χ1v) is 6.12. The molecule has 2 N–H and O–H groups in total. The average Bonchev–Trinajstić information content (AvgIpc) is 2.14. The summed E-state index contributed by atoms with van der Waals surface area (Å²) in [5.74, 6) is -1.37. The third kappa shape index (κ3) is 5.46. The van der Waals surface area contributed by atoms with Crippen LogP contribution in [0, 0.1) is 0 Å². The molecule has 0 aromatic carbocycles. The molecule has 1 atom stereocenters. The van der Waals surface area contributed by atoms with Gasteiger partial charge in [0.2, 0.25) is 0 Å². The Morgan fingerprint density at radius 2 is 2.20 bits per heavy atom. The third-order valence-corrected chi connectivity index (χ3v) is 2.57. The molecule has 0 radical (unpaired) electrons. The summed E-state index contributed by atoms with van der Waals surface area (Å²) >= 11 is 0. The van der Waals surface area contributed by atoms with Crippen molar-refractivity contribution in [2.75, 3.05) is 12.3 Å². The van der Waals surface area contributed by atoms with Gasteiger partial charge in [-0.1, -0.05) is 24.3 Å². The lowest BCUT2D eigenvalue weighted by atomic mass is 10.1. The van der Waals surface area contributed by atoms with Gasteiger partial charge in [-0.25, -0.2) is 0 Å². The van der Waals surface area contributed by atoms with Crippen LogP contribution in [0.5, 0.6) is 0 Å². The molecule has 15 heavy (non-hydrogen) atoms. The van der Waals surface area contributed by atoms with Gasteiger partial charge in [0, 0.05) is 6.04 Å². The van der Waals surface area contributed by atoms with Crippen molar-refractivity contribution in [2.45, 2.75) is 12.5 Å². The van der Waals surface area contributed by atoms with Crippen LogP contribution in [0.25, 0.3) is 0 Å². The molecular weight excluding hydrogens is 218 g/mol. The van der Waals surface area contributed by atoms with Crippen molar-refractivity contribution in [2.24, 2.45) is 0 Å². The van der Waals surface area contributed by atoms with Crippen LogP contribution in [0.4, 0.5) is 0 Å². The molecule has 0 saturated heterocycles. The highest BCUT2D eigenvalue weighted by Crippen LogP contribution is 2.01. The molecule has 0 heterocycles. The molecule has 0 aromatic rings. The van der Waals surface area contributed by atoms with Crippen molar-refractivity contribution in [1.82, 2.24) is 5.32 Å². The highest BCUT2D eigenvalue weighted by molar-refractivity contribution is 7.86. The van der Waals surface area contributed by atoms with Crippen molar-refractivity contribution >= 4 is 15.9 Å². The molecule has 0 bridgehead atoms. The summed E-state index contributed by atoms with van der Waals surface area (Å²) in [6.45, 7) is -0.0529. The Morgan fingerprint density at radius 3 is 2.73 bits per heavy atom. The zero-order chi connectivity index (χ0) is 11.3. The summed E-state index contributed by atoms with van der Waals surface area (Å²) in [7, 11) is -4.20. The number of allylic oxidation sites excluding steroid dienone is 2. The molecule has 0 fully saturated rings. The predicted octanol–water partition coefficient (Wildman–Crippen LogP) is -0.0824. The number of nitrogens with one attached hydrogen (secondary N) is 1. The zero-order valence-electron chi connectivity index (χ0n) is 8.09. The maximum Gasteiger partial charge on any atom is 0.272 e. The molecule has 84 valence electrons. The Labute approximate surface area is 88.6 Å². The highest BCUT2D eigenvalue weighted by Gasteiger charge is 2.13. The van der Waals surface area contributed by atoms with E-state index >= 15 is 0 Å². The fraction of sp³-hybridized carbons (Fsp3) is 0.444. The van der Waals surface area contributed by atoms with E-state index in [1.54, 1.807) is 0 Å². The lowest BCUT2D eigenvalue weighted by Gasteiger charge is -2.13. The van der Waals surface area contributed by atoms with Gasteiger partial charge in [-0.15, -0.1) is 0 Å². The molecule has 1 aliphatic rings. The molecule has 5 nitrogen and oxygen atoms in total. The van der Waals surface area contributed by atoms with Gasteiger partial charge in [-0.05, 0) is 6.42 Å². The Morgan fingerprint density at radius 1 is 1.47 bits per heavy atom. The Balaban J connectivity index is 2.28. The van der Waals surface area contributed by atoms with Crippen molar-refractivity contribution in [3.05, 3.63) is 24.3 Å². The minimum Gasteiger partial charge on any atom is -0.303 e. The van der Waals surface area contributed by atoms with Crippen LogP contribution < -0.4 is 5.32 Å². The minimum atomic E-state index is -4.20. The molecule has 0 spiro atoms. The second-order valence-corrected chi connectivity index (χ2v) is 4.75. The number of Topliss-reactive ketones (excluding diaryl/α,β-unsaturated/α-hetero) is 1. The van der Waals surface area contributed by atoms with E-state index in [4.69, 9.17) is 4.55 Å². The maximum atomic E-state index is 11.1. The van der Waals surface area contributed by atoms with E-state index in [2.05, 4.69) is 5.32 Å². The van der Waals surface area contributed by atoms with E-state index in [0.29, 0.717) is 0 Å². The maximum absolute atomic E-state index is 11.1. The Kier molecular flexibility index (Phi) is 4.19. The van der Waals surface area contributed by atoms with Crippen LogP contribution in [0.1, 0.15) is 6.42 Å². The SMILES string of the molecule is O=C(CN[C@@H]1C=CC=CC1)CS(=O)(=O)O. The van der Waals surface area contributed by atoms with Crippen LogP contribution in [-0.2, 0) is 14.9 Å². The first-order chi connectivity index (χ1) is 6.97. The minimum absolute atomic E-state index is 0.0529. The van der Waals surface area contributed by atoms with Crippen molar-refractivity contribution in [3.8, 4) is 0 Å². The lowest BCUT2D eigenvalue weighted by molar-refractivity contribution is -0.116. The van der Waals surface area contributed by atoms with Crippen LogP contribution in [-0.4, -0.2) is 37.1 Å². The number of carbonyl (C=O) groups is 1. The molecule has 0 aliphatic heterocycles. The van der Waals surface area contributed by atoms with E-state index in [9.17, 15) is 13.2 Å². The van der Waals surface area contributed by atoms with Gasteiger partial charge in [-0.3, -0.25) is 9.35 Å². The van der Waals surface area contributed by atoms with Gasteiger partial charge in [0.1, 0.15) is 5.75 Å². The third-order valence-electron chi connectivity index (χ3n) is 1.89. The first kappa shape index (κ1) is 12.1. The van der Waals surface area contributed by atoms with Gasteiger partial charge in [-0.2, -0.15) is 8.42 Å². The summed E-state index contributed by atoms with van der Waals surface area (Å²) < 4.78 is 29.2. The normalized spacial score (nSPS) is 20.5. The largest absolute Gasteiger partial charge is 0.303 e. The highest BCUT2D eigenvalue weighted by atomic mass is 32.2. The fourth-order valence-corrected chi connectivity index (χ4v) is 1.74. The number of carbonyl (C=O) groups excluding carboxylic acids is 1. The first-order valence-electron chi connectivity index (χ1n) is 4.51. The predicted molar refractivity (Wildman–Crippen MR) is 56.1 cm³/mol. The molecule has 0 aromatic heterocycles. The van der Waals surface area contributed by atoms with Gasteiger partial charge in [0.05, 0.1) is 6.54 Å². The van der Waals surface area contributed by atoms with Crippen LogP contribution in [0.3, 0.4) is 0 Å². The molecule has 0 amide bonds. The molecule has 0 saturated carbocycles. The summed E-state index contributed by atoms with van der Waals surface area (Å²) in [4.78, 5) is 11.1. The van der Waals surface area contributed by atoms with Crippen LogP contribution >= 0.6 is 0 Å². The van der Waals surface area contributed by atoms with E-state index < -0.39 is 21.7 Å². The van der Waals surface area contributed by atoms with Crippen molar-refractivity contribution in [1.29, 1.82) is 0 Å². The van der Waals surface area contributed by atoms with E-state index in [-0.39, 0.29) is 12.6 Å².